The monoisotopic (exact) mass is 195 g/mol. The molecule has 80 valence electrons. The summed E-state index contributed by atoms with van der Waals surface area (Å²) in [6.07, 6.45) is 9.33. The van der Waals surface area contributed by atoms with Crippen molar-refractivity contribution < 1.29 is 4.79 Å². The fraction of sp³-hybridized carbons (Fsp3) is 0.750. The van der Waals surface area contributed by atoms with Gasteiger partial charge < -0.3 is 5.73 Å². The summed E-state index contributed by atoms with van der Waals surface area (Å²) in [7, 11) is 0. The predicted molar refractivity (Wildman–Crippen MR) is 59.1 cm³/mol. The van der Waals surface area contributed by atoms with E-state index in [1.165, 1.54) is 19.3 Å². The Morgan fingerprint density at radius 3 is 3.00 bits per heavy atom. The number of rotatable bonds is 4. The second-order valence-corrected chi connectivity index (χ2v) is 4.27. The van der Waals surface area contributed by atoms with Gasteiger partial charge in [0, 0.05) is 12.5 Å². The van der Waals surface area contributed by atoms with Crippen molar-refractivity contribution in [2.45, 2.75) is 57.9 Å². The van der Waals surface area contributed by atoms with Gasteiger partial charge in [0.1, 0.15) is 0 Å². The Balaban J connectivity index is 2.38. The molecule has 2 heteroatoms. The average molecular weight is 195 g/mol. The summed E-state index contributed by atoms with van der Waals surface area (Å²) in [6.45, 7) is 1.95. The Hall–Kier alpha value is -0.630. The lowest BCUT2D eigenvalue weighted by Crippen LogP contribution is -2.16. The van der Waals surface area contributed by atoms with Crippen LogP contribution in [0.1, 0.15) is 51.9 Å². The number of carbonyl (C=O) groups is 1. The molecule has 0 saturated carbocycles. The zero-order valence-electron chi connectivity index (χ0n) is 9.09. The van der Waals surface area contributed by atoms with Crippen molar-refractivity contribution in [3.63, 3.8) is 0 Å². The molecule has 0 fully saturated rings. The molecule has 1 unspecified atom stereocenters. The lowest BCUT2D eigenvalue weighted by molar-refractivity contribution is -0.115. The van der Waals surface area contributed by atoms with Crippen molar-refractivity contribution >= 4 is 5.78 Å². The molecular weight excluding hydrogens is 174 g/mol. The molecule has 0 aromatic rings. The maximum absolute atomic E-state index is 11.7. The van der Waals surface area contributed by atoms with Gasteiger partial charge in [0.25, 0.3) is 0 Å². The van der Waals surface area contributed by atoms with E-state index in [-0.39, 0.29) is 6.04 Å². The van der Waals surface area contributed by atoms with Crippen LogP contribution in [0.3, 0.4) is 0 Å². The van der Waals surface area contributed by atoms with E-state index >= 15 is 0 Å². The first-order chi connectivity index (χ1) is 6.70. The smallest absolute Gasteiger partial charge is 0.158 e. The number of carbonyl (C=O) groups excluding carboxylic acids is 1. The lowest BCUT2D eigenvalue weighted by Gasteiger charge is -2.06. The number of hydrogen-bond donors (Lipinski definition) is 1. The topological polar surface area (TPSA) is 43.1 Å². The molecule has 1 rings (SSSR count). The van der Waals surface area contributed by atoms with Gasteiger partial charge >= 0.3 is 0 Å². The van der Waals surface area contributed by atoms with E-state index in [0.29, 0.717) is 12.2 Å². The highest BCUT2D eigenvalue weighted by atomic mass is 16.1. The molecule has 0 heterocycles. The first-order valence-corrected chi connectivity index (χ1v) is 5.68. The van der Waals surface area contributed by atoms with Crippen LogP contribution in [0, 0.1) is 0 Å². The number of ketones is 1. The van der Waals surface area contributed by atoms with Crippen LogP contribution in [0.25, 0.3) is 0 Å². The van der Waals surface area contributed by atoms with Gasteiger partial charge in [0.15, 0.2) is 5.78 Å². The highest BCUT2D eigenvalue weighted by Gasteiger charge is 2.11. The third kappa shape index (κ3) is 4.05. The normalized spacial score (nSPS) is 19.7. The molecule has 1 aliphatic rings. The molecule has 0 spiro atoms. The molecule has 1 aliphatic carbocycles. The van der Waals surface area contributed by atoms with Crippen LogP contribution in [-0.4, -0.2) is 11.8 Å². The summed E-state index contributed by atoms with van der Waals surface area (Å²) in [4.78, 5) is 11.7. The molecule has 0 aromatic carbocycles. The standard InChI is InChI=1S/C12H21NO/c1-10(13)8-9-12(14)11-6-4-2-3-5-7-11/h6,10H,2-5,7-9,13H2,1H3. The van der Waals surface area contributed by atoms with Crippen LogP contribution in [0.5, 0.6) is 0 Å². The predicted octanol–water partition coefficient (Wildman–Crippen LogP) is 2.57. The van der Waals surface area contributed by atoms with Crippen molar-refractivity contribution in [3.05, 3.63) is 11.6 Å². The molecule has 0 radical (unpaired) electrons. The quantitative estimate of drug-likeness (QED) is 0.749. The number of allylic oxidation sites excluding steroid dienone is 2. The minimum Gasteiger partial charge on any atom is -0.328 e. The summed E-state index contributed by atoms with van der Waals surface area (Å²) in [5.41, 5.74) is 6.69. The summed E-state index contributed by atoms with van der Waals surface area (Å²) >= 11 is 0. The van der Waals surface area contributed by atoms with Gasteiger partial charge in [-0.05, 0) is 44.6 Å². The first kappa shape index (κ1) is 11.4. The molecule has 14 heavy (non-hydrogen) atoms. The van der Waals surface area contributed by atoms with Crippen molar-refractivity contribution in [3.8, 4) is 0 Å². The SMILES string of the molecule is CC(N)CCC(=O)C1=CCCCCC1. The summed E-state index contributed by atoms with van der Waals surface area (Å²) in [6, 6.07) is 0.144. The molecule has 0 amide bonds. The van der Waals surface area contributed by atoms with E-state index in [9.17, 15) is 4.79 Å². The van der Waals surface area contributed by atoms with Crippen LogP contribution in [-0.2, 0) is 4.79 Å². The lowest BCUT2D eigenvalue weighted by atomic mass is 10.0. The van der Waals surface area contributed by atoms with Gasteiger partial charge in [-0.25, -0.2) is 0 Å². The van der Waals surface area contributed by atoms with Crippen LogP contribution in [0.15, 0.2) is 11.6 Å². The van der Waals surface area contributed by atoms with E-state index < -0.39 is 0 Å². The molecule has 2 N–H and O–H groups in total. The van der Waals surface area contributed by atoms with Crippen molar-refractivity contribution in [1.29, 1.82) is 0 Å². The molecule has 0 aliphatic heterocycles. The summed E-state index contributed by atoms with van der Waals surface area (Å²) in [5.74, 6) is 0.323. The minimum absolute atomic E-state index is 0.144. The van der Waals surface area contributed by atoms with Gasteiger partial charge in [-0.3, -0.25) is 4.79 Å². The second-order valence-electron chi connectivity index (χ2n) is 4.27. The third-order valence-electron chi connectivity index (χ3n) is 2.73. The van der Waals surface area contributed by atoms with E-state index in [4.69, 9.17) is 5.73 Å². The molecule has 0 bridgehead atoms. The second kappa shape index (κ2) is 5.97. The van der Waals surface area contributed by atoms with Crippen LogP contribution in [0.4, 0.5) is 0 Å². The fourth-order valence-corrected chi connectivity index (χ4v) is 1.79. The van der Waals surface area contributed by atoms with Crippen molar-refractivity contribution in [2.75, 3.05) is 0 Å². The summed E-state index contributed by atoms with van der Waals surface area (Å²) < 4.78 is 0. The molecule has 1 atom stereocenters. The highest BCUT2D eigenvalue weighted by molar-refractivity contribution is 5.95. The van der Waals surface area contributed by atoms with E-state index in [0.717, 1.165) is 24.8 Å². The van der Waals surface area contributed by atoms with Gasteiger partial charge in [0.2, 0.25) is 0 Å². The van der Waals surface area contributed by atoms with E-state index in [1.807, 2.05) is 6.92 Å². The fourth-order valence-electron chi connectivity index (χ4n) is 1.79. The molecule has 0 saturated heterocycles. The maximum atomic E-state index is 11.7. The third-order valence-corrected chi connectivity index (χ3v) is 2.73. The van der Waals surface area contributed by atoms with Crippen LogP contribution in [0.2, 0.25) is 0 Å². The van der Waals surface area contributed by atoms with Gasteiger partial charge in [0.05, 0.1) is 0 Å². The maximum Gasteiger partial charge on any atom is 0.158 e. The van der Waals surface area contributed by atoms with Crippen molar-refractivity contribution in [2.24, 2.45) is 5.73 Å². The Morgan fingerprint density at radius 1 is 1.50 bits per heavy atom. The molecular formula is C12H21NO. The minimum atomic E-state index is 0.144. The van der Waals surface area contributed by atoms with E-state index in [1.54, 1.807) is 0 Å². The Morgan fingerprint density at radius 2 is 2.29 bits per heavy atom. The van der Waals surface area contributed by atoms with Gasteiger partial charge in [-0.2, -0.15) is 0 Å². The number of Topliss-reactive ketones (excluding diaryl/α,β-unsaturated/α-hetero) is 1. The first-order valence-electron chi connectivity index (χ1n) is 5.68. The summed E-state index contributed by atoms with van der Waals surface area (Å²) in [5, 5.41) is 0. The number of hydrogen-bond acceptors (Lipinski definition) is 2. The Labute approximate surface area is 86.6 Å². The average Bonchev–Trinajstić information content (AvgIpc) is 2.42. The van der Waals surface area contributed by atoms with Crippen LogP contribution >= 0.6 is 0 Å². The highest BCUT2D eigenvalue weighted by Crippen LogP contribution is 2.19. The zero-order valence-corrected chi connectivity index (χ0v) is 9.09. The molecule has 2 nitrogen and oxygen atoms in total. The van der Waals surface area contributed by atoms with Crippen molar-refractivity contribution in [1.82, 2.24) is 0 Å². The zero-order chi connectivity index (χ0) is 10.4. The Kier molecular flexibility index (Phi) is 4.88. The number of nitrogens with two attached hydrogens (primary N) is 1. The van der Waals surface area contributed by atoms with Gasteiger partial charge in [-0.15, -0.1) is 0 Å². The van der Waals surface area contributed by atoms with E-state index in [2.05, 4.69) is 6.08 Å². The largest absolute Gasteiger partial charge is 0.328 e. The Bertz CT molecular complexity index is 218. The van der Waals surface area contributed by atoms with Crippen LogP contribution < -0.4 is 5.73 Å². The molecule has 0 aromatic heterocycles. The van der Waals surface area contributed by atoms with Gasteiger partial charge in [-0.1, -0.05) is 12.5 Å².